The molecule has 5 heteroatoms. The quantitative estimate of drug-likeness (QED) is 0.765. The second kappa shape index (κ2) is 7.38. The van der Waals surface area contributed by atoms with Gasteiger partial charge in [0.05, 0.1) is 0 Å². The molecule has 0 amide bonds. The lowest BCUT2D eigenvalue weighted by Gasteiger charge is -2.10. The Morgan fingerprint density at radius 1 is 1.26 bits per heavy atom. The third-order valence-electron chi connectivity index (χ3n) is 2.50. The normalized spacial score (nSPS) is 11.9. The van der Waals surface area contributed by atoms with Gasteiger partial charge in [0.15, 0.2) is 0 Å². The molecule has 0 atom stereocenters. The molecule has 0 aliphatic rings. The molecular formula is C14H20F3NO. The summed E-state index contributed by atoms with van der Waals surface area (Å²) in [7, 11) is 0. The second-order valence-electron chi connectivity index (χ2n) is 4.90. The Balaban J connectivity index is 2.36. The molecule has 0 aliphatic heterocycles. The minimum absolute atomic E-state index is 0.153. The van der Waals surface area contributed by atoms with Crippen LogP contribution in [0.3, 0.4) is 0 Å². The molecule has 0 radical (unpaired) electrons. The molecule has 19 heavy (non-hydrogen) atoms. The van der Waals surface area contributed by atoms with Crippen molar-refractivity contribution in [1.82, 2.24) is 5.32 Å². The van der Waals surface area contributed by atoms with Crippen molar-refractivity contribution in [2.24, 2.45) is 5.92 Å². The summed E-state index contributed by atoms with van der Waals surface area (Å²) >= 11 is 0. The summed E-state index contributed by atoms with van der Waals surface area (Å²) in [5.41, 5.74) is 0.855. The van der Waals surface area contributed by atoms with Crippen molar-refractivity contribution in [2.45, 2.75) is 33.1 Å². The molecule has 0 aliphatic carbocycles. The SMILES string of the molecule is CC(C)CNCCCc1cccc(OC(F)(F)F)c1. The lowest BCUT2D eigenvalue weighted by atomic mass is 10.1. The van der Waals surface area contributed by atoms with Crippen molar-refractivity contribution in [1.29, 1.82) is 0 Å². The summed E-state index contributed by atoms with van der Waals surface area (Å²) in [6.07, 6.45) is -3.00. The highest BCUT2D eigenvalue weighted by Gasteiger charge is 2.31. The van der Waals surface area contributed by atoms with Crippen LogP contribution in [-0.2, 0) is 6.42 Å². The molecule has 0 saturated heterocycles. The number of rotatable bonds is 7. The highest BCUT2D eigenvalue weighted by molar-refractivity contribution is 5.28. The van der Waals surface area contributed by atoms with Crippen LogP contribution in [0.1, 0.15) is 25.8 Å². The minimum atomic E-state index is -4.63. The number of benzene rings is 1. The molecule has 0 unspecified atom stereocenters. The van der Waals surface area contributed by atoms with Crippen LogP contribution in [0.25, 0.3) is 0 Å². The van der Waals surface area contributed by atoms with E-state index in [0.717, 1.165) is 31.5 Å². The largest absolute Gasteiger partial charge is 0.573 e. The fourth-order valence-electron chi connectivity index (χ4n) is 1.71. The van der Waals surface area contributed by atoms with E-state index in [9.17, 15) is 13.2 Å². The molecule has 0 spiro atoms. The number of hydrogen-bond acceptors (Lipinski definition) is 2. The van der Waals surface area contributed by atoms with Gasteiger partial charge in [-0.25, -0.2) is 0 Å². The fourth-order valence-corrected chi connectivity index (χ4v) is 1.71. The topological polar surface area (TPSA) is 21.3 Å². The molecular weight excluding hydrogens is 255 g/mol. The Hall–Kier alpha value is -1.23. The van der Waals surface area contributed by atoms with Crippen molar-refractivity contribution >= 4 is 0 Å². The van der Waals surface area contributed by atoms with Crippen molar-refractivity contribution in [3.05, 3.63) is 29.8 Å². The number of alkyl halides is 3. The molecule has 0 saturated carbocycles. The van der Waals surface area contributed by atoms with Gasteiger partial charge in [0.25, 0.3) is 0 Å². The molecule has 2 nitrogen and oxygen atoms in total. The van der Waals surface area contributed by atoms with Gasteiger partial charge in [-0.05, 0) is 49.5 Å². The first-order chi connectivity index (χ1) is 8.87. The maximum absolute atomic E-state index is 12.1. The van der Waals surface area contributed by atoms with Gasteiger partial charge in [0.1, 0.15) is 5.75 Å². The van der Waals surface area contributed by atoms with Crippen LogP contribution in [0.15, 0.2) is 24.3 Å². The van der Waals surface area contributed by atoms with E-state index < -0.39 is 6.36 Å². The van der Waals surface area contributed by atoms with Crippen molar-refractivity contribution in [3.63, 3.8) is 0 Å². The van der Waals surface area contributed by atoms with Crippen molar-refractivity contribution < 1.29 is 17.9 Å². The van der Waals surface area contributed by atoms with Gasteiger partial charge >= 0.3 is 6.36 Å². The molecule has 1 N–H and O–H groups in total. The van der Waals surface area contributed by atoms with Gasteiger partial charge in [-0.1, -0.05) is 26.0 Å². The first-order valence-corrected chi connectivity index (χ1v) is 6.42. The van der Waals surface area contributed by atoms with Crippen molar-refractivity contribution in [2.75, 3.05) is 13.1 Å². The van der Waals surface area contributed by atoms with E-state index >= 15 is 0 Å². The maximum atomic E-state index is 12.1. The Morgan fingerprint density at radius 2 is 2.00 bits per heavy atom. The fraction of sp³-hybridized carbons (Fsp3) is 0.571. The Morgan fingerprint density at radius 3 is 2.63 bits per heavy atom. The zero-order valence-corrected chi connectivity index (χ0v) is 11.3. The van der Waals surface area contributed by atoms with E-state index in [1.54, 1.807) is 6.07 Å². The third kappa shape index (κ3) is 7.72. The van der Waals surface area contributed by atoms with Gasteiger partial charge in [-0.3, -0.25) is 0 Å². The predicted molar refractivity (Wildman–Crippen MR) is 69.2 cm³/mol. The van der Waals surface area contributed by atoms with Gasteiger partial charge in [0.2, 0.25) is 0 Å². The molecule has 1 aromatic carbocycles. The maximum Gasteiger partial charge on any atom is 0.573 e. The average molecular weight is 275 g/mol. The smallest absolute Gasteiger partial charge is 0.406 e. The standard InChI is InChI=1S/C14H20F3NO/c1-11(2)10-18-8-4-6-12-5-3-7-13(9-12)19-14(15,16)17/h3,5,7,9,11,18H,4,6,8,10H2,1-2H3. The van der Waals surface area contributed by atoms with Crippen LogP contribution in [0.2, 0.25) is 0 Å². The lowest BCUT2D eigenvalue weighted by Crippen LogP contribution is -2.21. The van der Waals surface area contributed by atoms with Crippen LogP contribution in [0, 0.1) is 5.92 Å². The highest BCUT2D eigenvalue weighted by Crippen LogP contribution is 2.23. The number of hydrogen-bond donors (Lipinski definition) is 1. The van der Waals surface area contributed by atoms with Crippen LogP contribution < -0.4 is 10.1 Å². The van der Waals surface area contributed by atoms with Crippen LogP contribution >= 0.6 is 0 Å². The Bertz CT molecular complexity index is 377. The lowest BCUT2D eigenvalue weighted by molar-refractivity contribution is -0.274. The van der Waals surface area contributed by atoms with E-state index in [2.05, 4.69) is 23.9 Å². The Kier molecular flexibility index (Phi) is 6.15. The van der Waals surface area contributed by atoms with Crippen molar-refractivity contribution in [3.8, 4) is 5.75 Å². The number of nitrogens with one attached hydrogen (secondary N) is 1. The molecule has 0 bridgehead atoms. The zero-order chi connectivity index (χ0) is 14.3. The van der Waals surface area contributed by atoms with Gasteiger partial charge in [-0.15, -0.1) is 13.2 Å². The molecule has 1 aromatic rings. The van der Waals surface area contributed by atoms with Crippen LogP contribution in [-0.4, -0.2) is 19.5 Å². The summed E-state index contributed by atoms with van der Waals surface area (Å²) in [5, 5.41) is 3.30. The summed E-state index contributed by atoms with van der Waals surface area (Å²) in [4.78, 5) is 0. The number of aryl methyl sites for hydroxylation is 1. The second-order valence-corrected chi connectivity index (χ2v) is 4.90. The van der Waals surface area contributed by atoms with Gasteiger partial charge in [0, 0.05) is 0 Å². The van der Waals surface area contributed by atoms with E-state index in [-0.39, 0.29) is 5.75 Å². The Labute approximate surface area is 112 Å². The summed E-state index contributed by atoms with van der Waals surface area (Å²) in [6.45, 7) is 6.08. The van der Waals surface area contributed by atoms with Crippen LogP contribution in [0.4, 0.5) is 13.2 Å². The summed E-state index contributed by atoms with van der Waals surface area (Å²) < 4.78 is 40.1. The van der Waals surface area contributed by atoms with Crippen LogP contribution in [0.5, 0.6) is 5.75 Å². The molecule has 0 heterocycles. The molecule has 108 valence electrons. The van der Waals surface area contributed by atoms with E-state index in [1.807, 2.05) is 6.07 Å². The highest BCUT2D eigenvalue weighted by atomic mass is 19.4. The molecule has 1 rings (SSSR count). The van der Waals surface area contributed by atoms with Gasteiger partial charge < -0.3 is 10.1 Å². The zero-order valence-electron chi connectivity index (χ0n) is 11.3. The van der Waals surface area contributed by atoms with E-state index in [0.29, 0.717) is 5.92 Å². The molecule has 0 aromatic heterocycles. The van der Waals surface area contributed by atoms with E-state index in [1.165, 1.54) is 12.1 Å². The summed E-state index contributed by atoms with van der Waals surface area (Å²) in [5.74, 6) is 0.448. The first-order valence-electron chi connectivity index (χ1n) is 6.42. The molecule has 0 fully saturated rings. The predicted octanol–water partition coefficient (Wildman–Crippen LogP) is 3.76. The average Bonchev–Trinajstić information content (AvgIpc) is 2.26. The monoisotopic (exact) mass is 275 g/mol. The summed E-state index contributed by atoms with van der Waals surface area (Å²) in [6, 6.07) is 6.15. The number of ether oxygens (including phenoxy) is 1. The minimum Gasteiger partial charge on any atom is -0.406 e. The third-order valence-corrected chi connectivity index (χ3v) is 2.50. The van der Waals surface area contributed by atoms with E-state index in [4.69, 9.17) is 0 Å². The number of halogens is 3. The first kappa shape index (κ1) is 15.8. The van der Waals surface area contributed by atoms with Gasteiger partial charge in [-0.2, -0.15) is 0 Å².